The molecule has 4 heteroatoms. The molecule has 90 valence electrons. The number of hydrogen-bond donors (Lipinski definition) is 0. The lowest BCUT2D eigenvalue weighted by Crippen LogP contribution is -2.21. The van der Waals surface area contributed by atoms with Crippen LogP contribution in [-0.2, 0) is 11.2 Å². The summed E-state index contributed by atoms with van der Waals surface area (Å²) >= 11 is 0. The van der Waals surface area contributed by atoms with Crippen molar-refractivity contribution >= 4 is 5.78 Å². The molecule has 0 fully saturated rings. The van der Waals surface area contributed by atoms with Gasteiger partial charge < -0.3 is 0 Å². The van der Waals surface area contributed by atoms with Crippen molar-refractivity contribution in [3.05, 3.63) is 12.2 Å². The first kappa shape index (κ1) is 12.9. The summed E-state index contributed by atoms with van der Waals surface area (Å²) in [7, 11) is 0. The first-order valence-electron chi connectivity index (χ1n) is 5.74. The fraction of sp³-hybridized carbons (Fsp3) is 0.750. The molecule has 16 heavy (non-hydrogen) atoms. The summed E-state index contributed by atoms with van der Waals surface area (Å²) in [5, 5.41) is 4.15. The van der Waals surface area contributed by atoms with E-state index in [0.29, 0.717) is 18.9 Å². The standard InChI is InChI=1S/C12H21N3O/c1-9(2)15-11(13-8-14-15)7-6-10(16)12(3,4)5/h8-9H,6-7H2,1-5H3. The minimum absolute atomic E-state index is 0.261. The van der Waals surface area contributed by atoms with E-state index in [1.54, 1.807) is 6.33 Å². The van der Waals surface area contributed by atoms with Crippen molar-refractivity contribution in [3.8, 4) is 0 Å². The van der Waals surface area contributed by atoms with E-state index in [9.17, 15) is 4.79 Å². The fourth-order valence-electron chi connectivity index (χ4n) is 1.48. The molecule has 0 aliphatic carbocycles. The molecule has 1 heterocycles. The number of aryl methyl sites for hydroxylation is 1. The van der Waals surface area contributed by atoms with Gasteiger partial charge in [0.05, 0.1) is 0 Å². The SMILES string of the molecule is CC(C)n1ncnc1CCC(=O)C(C)(C)C. The Labute approximate surface area is 97.1 Å². The Morgan fingerprint density at radius 3 is 2.56 bits per heavy atom. The lowest BCUT2D eigenvalue weighted by atomic mass is 9.88. The van der Waals surface area contributed by atoms with Crippen LogP contribution >= 0.6 is 0 Å². The van der Waals surface area contributed by atoms with Crippen LogP contribution in [0.25, 0.3) is 0 Å². The Bertz CT molecular complexity index is 361. The van der Waals surface area contributed by atoms with Crippen LogP contribution in [0.5, 0.6) is 0 Å². The number of nitrogens with zero attached hydrogens (tertiary/aromatic N) is 3. The van der Waals surface area contributed by atoms with Gasteiger partial charge in [0.15, 0.2) is 0 Å². The molecule has 0 bridgehead atoms. The maximum atomic E-state index is 11.8. The highest BCUT2D eigenvalue weighted by molar-refractivity contribution is 5.83. The van der Waals surface area contributed by atoms with E-state index in [2.05, 4.69) is 23.9 Å². The van der Waals surface area contributed by atoms with Crippen molar-refractivity contribution in [3.63, 3.8) is 0 Å². The topological polar surface area (TPSA) is 47.8 Å². The molecule has 0 spiro atoms. The van der Waals surface area contributed by atoms with Crippen LogP contribution in [0.4, 0.5) is 0 Å². The maximum Gasteiger partial charge on any atom is 0.138 e. The number of ketones is 1. The molecule has 1 rings (SSSR count). The van der Waals surface area contributed by atoms with Gasteiger partial charge >= 0.3 is 0 Å². The van der Waals surface area contributed by atoms with Crippen LogP contribution < -0.4 is 0 Å². The summed E-state index contributed by atoms with van der Waals surface area (Å²) in [6.45, 7) is 9.96. The van der Waals surface area contributed by atoms with Crippen LogP contribution in [0.2, 0.25) is 0 Å². The van der Waals surface area contributed by atoms with E-state index < -0.39 is 0 Å². The van der Waals surface area contributed by atoms with E-state index in [1.165, 1.54) is 0 Å². The Balaban J connectivity index is 2.62. The van der Waals surface area contributed by atoms with Gasteiger partial charge in [-0.25, -0.2) is 9.67 Å². The van der Waals surface area contributed by atoms with Crippen molar-refractivity contribution in [1.29, 1.82) is 0 Å². The van der Waals surface area contributed by atoms with Crippen molar-refractivity contribution in [2.24, 2.45) is 5.41 Å². The van der Waals surface area contributed by atoms with Gasteiger partial charge in [0.1, 0.15) is 17.9 Å². The van der Waals surface area contributed by atoms with Crippen LogP contribution in [0.15, 0.2) is 6.33 Å². The number of carbonyl (C=O) groups is 1. The van der Waals surface area contributed by atoms with E-state index in [1.807, 2.05) is 25.5 Å². The van der Waals surface area contributed by atoms with Gasteiger partial charge in [-0.05, 0) is 13.8 Å². The van der Waals surface area contributed by atoms with Crippen molar-refractivity contribution in [2.45, 2.75) is 53.5 Å². The molecule has 0 aliphatic rings. The van der Waals surface area contributed by atoms with E-state index in [-0.39, 0.29) is 11.2 Å². The van der Waals surface area contributed by atoms with Gasteiger partial charge in [-0.1, -0.05) is 20.8 Å². The highest BCUT2D eigenvalue weighted by Crippen LogP contribution is 2.18. The molecule has 4 nitrogen and oxygen atoms in total. The third kappa shape index (κ3) is 3.15. The zero-order valence-corrected chi connectivity index (χ0v) is 10.8. The first-order chi connectivity index (χ1) is 7.32. The van der Waals surface area contributed by atoms with Crippen LogP contribution in [0.3, 0.4) is 0 Å². The molecular weight excluding hydrogens is 202 g/mol. The number of Topliss-reactive ketones (excluding diaryl/α,β-unsaturated/α-hetero) is 1. The Morgan fingerprint density at radius 2 is 2.06 bits per heavy atom. The van der Waals surface area contributed by atoms with Gasteiger partial charge in [-0.2, -0.15) is 5.10 Å². The van der Waals surface area contributed by atoms with Gasteiger partial charge in [0.2, 0.25) is 0 Å². The minimum Gasteiger partial charge on any atom is -0.299 e. The highest BCUT2D eigenvalue weighted by atomic mass is 16.1. The molecule has 0 saturated heterocycles. The molecule has 0 saturated carbocycles. The molecule has 0 atom stereocenters. The first-order valence-corrected chi connectivity index (χ1v) is 5.74. The normalized spacial score (nSPS) is 12.1. The summed E-state index contributed by atoms with van der Waals surface area (Å²) in [6, 6.07) is 0.294. The summed E-state index contributed by atoms with van der Waals surface area (Å²) in [5.41, 5.74) is -0.261. The molecule has 0 aliphatic heterocycles. The lowest BCUT2D eigenvalue weighted by molar-refractivity contribution is -0.126. The highest BCUT2D eigenvalue weighted by Gasteiger charge is 2.21. The predicted molar refractivity (Wildman–Crippen MR) is 63.2 cm³/mol. The molecule has 0 radical (unpaired) electrons. The molecule has 0 amide bonds. The van der Waals surface area contributed by atoms with Gasteiger partial charge in [-0.3, -0.25) is 4.79 Å². The smallest absolute Gasteiger partial charge is 0.138 e. The zero-order valence-electron chi connectivity index (χ0n) is 10.8. The summed E-state index contributed by atoms with van der Waals surface area (Å²) in [5.74, 6) is 1.17. The molecule has 0 N–H and O–H groups in total. The average molecular weight is 223 g/mol. The third-order valence-corrected chi connectivity index (χ3v) is 2.55. The quantitative estimate of drug-likeness (QED) is 0.787. The third-order valence-electron chi connectivity index (χ3n) is 2.55. The maximum absolute atomic E-state index is 11.8. The molecule has 1 aromatic rings. The Hall–Kier alpha value is -1.19. The van der Waals surface area contributed by atoms with Gasteiger partial charge in [0, 0.05) is 24.3 Å². The number of hydrogen-bond acceptors (Lipinski definition) is 3. The predicted octanol–water partition coefficient (Wildman–Crippen LogP) is 2.41. The summed E-state index contributed by atoms with van der Waals surface area (Å²) in [4.78, 5) is 16.0. The van der Waals surface area contributed by atoms with Crippen molar-refractivity contribution in [2.75, 3.05) is 0 Å². The zero-order chi connectivity index (χ0) is 12.3. The lowest BCUT2D eigenvalue weighted by Gasteiger charge is -2.16. The largest absolute Gasteiger partial charge is 0.299 e. The fourth-order valence-corrected chi connectivity index (χ4v) is 1.48. The molecule has 0 aromatic carbocycles. The summed E-state index contributed by atoms with van der Waals surface area (Å²) in [6.07, 6.45) is 2.76. The van der Waals surface area contributed by atoms with Crippen molar-refractivity contribution in [1.82, 2.24) is 14.8 Å². The average Bonchev–Trinajstić information content (AvgIpc) is 2.60. The second kappa shape index (κ2) is 4.76. The second-order valence-corrected chi connectivity index (χ2v) is 5.39. The van der Waals surface area contributed by atoms with E-state index in [0.717, 1.165) is 5.82 Å². The van der Waals surface area contributed by atoms with Gasteiger partial charge in [0.25, 0.3) is 0 Å². The number of carbonyl (C=O) groups excluding carboxylic acids is 1. The Kier molecular flexibility index (Phi) is 3.83. The molecule has 1 aromatic heterocycles. The summed E-state index contributed by atoms with van der Waals surface area (Å²) < 4.78 is 1.87. The number of aromatic nitrogens is 3. The number of rotatable bonds is 4. The molecular formula is C12H21N3O. The van der Waals surface area contributed by atoms with Crippen LogP contribution in [-0.4, -0.2) is 20.5 Å². The monoisotopic (exact) mass is 223 g/mol. The van der Waals surface area contributed by atoms with Crippen LogP contribution in [0.1, 0.15) is 52.9 Å². The molecule has 0 unspecified atom stereocenters. The second-order valence-electron chi connectivity index (χ2n) is 5.39. The van der Waals surface area contributed by atoms with Crippen molar-refractivity contribution < 1.29 is 4.79 Å². The van der Waals surface area contributed by atoms with E-state index in [4.69, 9.17) is 0 Å². The van der Waals surface area contributed by atoms with Gasteiger partial charge in [-0.15, -0.1) is 0 Å². The van der Waals surface area contributed by atoms with E-state index >= 15 is 0 Å². The van der Waals surface area contributed by atoms with Crippen LogP contribution in [0, 0.1) is 5.41 Å². The Morgan fingerprint density at radius 1 is 1.44 bits per heavy atom. The minimum atomic E-state index is -0.261.